The first-order valence-corrected chi connectivity index (χ1v) is 4.09. The van der Waals surface area contributed by atoms with Crippen molar-refractivity contribution < 1.29 is 9.57 Å². The Morgan fingerprint density at radius 3 is 2.36 bits per heavy atom. The second-order valence-electron chi connectivity index (χ2n) is 2.51. The Kier molecular flexibility index (Phi) is 6.51. The molecular weight excluding hydrogens is 142 g/mol. The number of ether oxygens (including phenoxy) is 1. The third kappa shape index (κ3) is 4.35. The molecule has 1 unspecified atom stereocenters. The molecule has 1 atom stereocenters. The van der Waals surface area contributed by atoms with E-state index in [-0.39, 0.29) is 6.23 Å². The van der Waals surface area contributed by atoms with Crippen molar-refractivity contribution in [3.05, 3.63) is 0 Å². The van der Waals surface area contributed by atoms with Gasteiger partial charge >= 0.3 is 0 Å². The second-order valence-corrected chi connectivity index (χ2v) is 2.51. The van der Waals surface area contributed by atoms with Gasteiger partial charge in [0.05, 0.1) is 7.11 Å². The van der Waals surface area contributed by atoms with E-state index in [9.17, 15) is 0 Å². The van der Waals surface area contributed by atoms with Crippen LogP contribution >= 0.6 is 0 Å². The summed E-state index contributed by atoms with van der Waals surface area (Å²) in [5.74, 6) is 0. The summed E-state index contributed by atoms with van der Waals surface area (Å²) in [7, 11) is 3.35. The minimum Gasteiger partial charge on any atom is -0.365 e. The molecule has 0 amide bonds. The fourth-order valence-corrected chi connectivity index (χ4v) is 0.853. The molecule has 3 heteroatoms. The average Bonchev–Trinajstić information content (AvgIpc) is 2.05. The highest BCUT2D eigenvalue weighted by atomic mass is 16.7. The Balaban J connectivity index is 3.56. The maximum Gasteiger partial charge on any atom is 0.129 e. The summed E-state index contributed by atoms with van der Waals surface area (Å²) < 4.78 is 5.10. The molecule has 0 spiro atoms. The van der Waals surface area contributed by atoms with Crippen LogP contribution < -0.4 is 0 Å². The number of methoxy groups -OCH3 is 1. The maximum absolute atomic E-state index is 5.11. The Bertz CT molecular complexity index is 88.2. The van der Waals surface area contributed by atoms with Gasteiger partial charge in [-0.1, -0.05) is 13.3 Å². The molecule has 0 aromatic heterocycles. The minimum atomic E-state index is 0.0477. The fraction of sp³-hybridized carbons (Fsp3) is 1.00. The molecule has 0 aliphatic rings. The second kappa shape index (κ2) is 6.58. The first-order chi connectivity index (χ1) is 5.26. The van der Waals surface area contributed by atoms with Crippen molar-refractivity contribution in [1.29, 1.82) is 0 Å². The summed E-state index contributed by atoms with van der Waals surface area (Å²) in [6.45, 7) is 5.06. The van der Waals surface area contributed by atoms with Gasteiger partial charge in [0.1, 0.15) is 6.23 Å². The van der Waals surface area contributed by atoms with Crippen molar-refractivity contribution >= 4 is 0 Å². The van der Waals surface area contributed by atoms with E-state index < -0.39 is 0 Å². The van der Waals surface area contributed by atoms with Gasteiger partial charge in [-0.3, -0.25) is 4.84 Å². The topological polar surface area (TPSA) is 21.7 Å². The largest absolute Gasteiger partial charge is 0.365 e. The van der Waals surface area contributed by atoms with Gasteiger partial charge in [0.25, 0.3) is 0 Å². The fourth-order valence-electron chi connectivity index (χ4n) is 0.853. The zero-order chi connectivity index (χ0) is 8.69. The highest BCUT2D eigenvalue weighted by molar-refractivity contribution is 4.46. The van der Waals surface area contributed by atoms with Crippen LogP contribution in [0.25, 0.3) is 0 Å². The van der Waals surface area contributed by atoms with Crippen molar-refractivity contribution in [3.63, 3.8) is 0 Å². The van der Waals surface area contributed by atoms with Gasteiger partial charge in [-0.2, -0.15) is 5.06 Å². The van der Waals surface area contributed by atoms with Crippen LogP contribution in [0, 0.1) is 0 Å². The highest BCUT2D eigenvalue weighted by Crippen LogP contribution is 2.01. The number of rotatable bonds is 6. The first-order valence-electron chi connectivity index (χ1n) is 4.09. The first kappa shape index (κ1) is 10.9. The molecular formula is C8H19NO2. The van der Waals surface area contributed by atoms with Gasteiger partial charge in [0.2, 0.25) is 0 Å². The normalized spacial score (nSPS) is 13.9. The van der Waals surface area contributed by atoms with Crippen LogP contribution in [0.4, 0.5) is 0 Å². The number of hydrogen-bond acceptors (Lipinski definition) is 3. The van der Waals surface area contributed by atoms with E-state index >= 15 is 0 Å². The Morgan fingerprint density at radius 1 is 1.36 bits per heavy atom. The van der Waals surface area contributed by atoms with Crippen molar-refractivity contribution in [1.82, 2.24) is 5.06 Å². The van der Waals surface area contributed by atoms with E-state index in [2.05, 4.69) is 6.92 Å². The van der Waals surface area contributed by atoms with Gasteiger partial charge in [0.15, 0.2) is 0 Å². The smallest absolute Gasteiger partial charge is 0.129 e. The van der Waals surface area contributed by atoms with Gasteiger partial charge in [-0.25, -0.2) is 0 Å². The quantitative estimate of drug-likeness (QED) is 0.436. The van der Waals surface area contributed by atoms with Crippen LogP contribution in [0.15, 0.2) is 0 Å². The summed E-state index contributed by atoms with van der Waals surface area (Å²) in [6.07, 6.45) is 2.37. The molecule has 3 nitrogen and oxygen atoms in total. The molecule has 68 valence electrons. The lowest BCUT2D eigenvalue weighted by molar-refractivity contribution is -0.223. The van der Waals surface area contributed by atoms with E-state index in [1.165, 1.54) is 6.42 Å². The summed E-state index contributed by atoms with van der Waals surface area (Å²) in [4.78, 5) is 5.11. The van der Waals surface area contributed by atoms with Crippen molar-refractivity contribution in [3.8, 4) is 0 Å². The monoisotopic (exact) mass is 161 g/mol. The lowest BCUT2D eigenvalue weighted by atomic mass is 10.3. The van der Waals surface area contributed by atoms with E-state index in [1.807, 2.05) is 12.0 Å². The lowest BCUT2D eigenvalue weighted by Crippen LogP contribution is -2.34. The molecule has 0 bridgehead atoms. The summed E-state index contributed by atoms with van der Waals surface area (Å²) in [5, 5.41) is 1.84. The highest BCUT2D eigenvalue weighted by Gasteiger charge is 2.10. The number of unbranched alkanes of at least 4 members (excludes halogenated alkanes) is 1. The maximum atomic E-state index is 5.11. The third-order valence-corrected chi connectivity index (χ3v) is 1.71. The predicted octanol–water partition coefficient (Wildman–Crippen LogP) is 1.64. The Morgan fingerprint density at radius 2 is 2.00 bits per heavy atom. The summed E-state index contributed by atoms with van der Waals surface area (Å²) >= 11 is 0. The van der Waals surface area contributed by atoms with Gasteiger partial charge < -0.3 is 4.74 Å². The van der Waals surface area contributed by atoms with Crippen molar-refractivity contribution in [2.45, 2.75) is 32.9 Å². The van der Waals surface area contributed by atoms with Gasteiger partial charge in [0, 0.05) is 13.7 Å². The van der Waals surface area contributed by atoms with Crippen LogP contribution in [-0.2, 0) is 9.57 Å². The standard InChI is InChI=1S/C8H19NO2/c1-5-6-7-9(11-4)8(2)10-3/h8H,5-7H2,1-4H3. The molecule has 0 aromatic rings. The minimum absolute atomic E-state index is 0.0477. The van der Waals surface area contributed by atoms with Crippen LogP contribution in [0.1, 0.15) is 26.7 Å². The SMILES string of the molecule is CCCCN(OC)C(C)OC. The Labute approximate surface area is 69.2 Å². The molecule has 0 radical (unpaired) electrons. The molecule has 0 heterocycles. The van der Waals surface area contributed by atoms with E-state index in [0.29, 0.717) is 0 Å². The Hall–Kier alpha value is -0.120. The van der Waals surface area contributed by atoms with Crippen LogP contribution in [0.2, 0.25) is 0 Å². The third-order valence-electron chi connectivity index (χ3n) is 1.71. The molecule has 0 aliphatic heterocycles. The van der Waals surface area contributed by atoms with Crippen molar-refractivity contribution in [2.24, 2.45) is 0 Å². The van der Waals surface area contributed by atoms with Gasteiger partial charge in [-0.05, 0) is 13.3 Å². The van der Waals surface area contributed by atoms with Crippen LogP contribution in [0.3, 0.4) is 0 Å². The molecule has 11 heavy (non-hydrogen) atoms. The lowest BCUT2D eigenvalue weighted by Gasteiger charge is -2.24. The van der Waals surface area contributed by atoms with Crippen LogP contribution in [-0.4, -0.2) is 32.1 Å². The predicted molar refractivity (Wildman–Crippen MR) is 45.1 cm³/mol. The molecule has 0 rings (SSSR count). The number of hydroxylamine groups is 2. The summed E-state index contributed by atoms with van der Waals surface area (Å²) in [6, 6.07) is 0. The van der Waals surface area contributed by atoms with E-state index in [1.54, 1.807) is 14.2 Å². The zero-order valence-electron chi connectivity index (χ0n) is 7.96. The number of nitrogens with zero attached hydrogens (tertiary/aromatic N) is 1. The average molecular weight is 161 g/mol. The van der Waals surface area contributed by atoms with Crippen molar-refractivity contribution in [2.75, 3.05) is 20.8 Å². The molecule has 0 saturated carbocycles. The van der Waals surface area contributed by atoms with Gasteiger partial charge in [-0.15, -0.1) is 0 Å². The van der Waals surface area contributed by atoms with E-state index in [4.69, 9.17) is 9.57 Å². The zero-order valence-corrected chi connectivity index (χ0v) is 7.96. The molecule has 0 aromatic carbocycles. The number of hydrogen-bond donors (Lipinski definition) is 0. The van der Waals surface area contributed by atoms with E-state index in [0.717, 1.165) is 13.0 Å². The summed E-state index contributed by atoms with van der Waals surface area (Å²) in [5.41, 5.74) is 0. The van der Waals surface area contributed by atoms with Crippen LogP contribution in [0.5, 0.6) is 0 Å². The molecule has 0 aliphatic carbocycles. The molecule has 0 saturated heterocycles. The molecule has 0 fully saturated rings. The molecule has 0 N–H and O–H groups in total.